The number of allylic oxidation sites excluding steroid dienone is 1. The maximum Gasteiger partial charge on any atom is 0.338 e. The van der Waals surface area contributed by atoms with Crippen LogP contribution in [0, 0.1) is 5.82 Å². The van der Waals surface area contributed by atoms with Gasteiger partial charge in [-0.05, 0) is 23.8 Å². The van der Waals surface area contributed by atoms with E-state index >= 15 is 0 Å². The number of methoxy groups -OCH3 is 1. The van der Waals surface area contributed by atoms with E-state index in [1.807, 2.05) is 0 Å². The second-order valence-electron chi connectivity index (χ2n) is 2.71. The van der Waals surface area contributed by atoms with Crippen LogP contribution in [0.2, 0.25) is 0 Å². The van der Waals surface area contributed by atoms with Gasteiger partial charge in [0.2, 0.25) is 0 Å². The van der Waals surface area contributed by atoms with Crippen LogP contribution in [0.1, 0.15) is 5.56 Å². The summed E-state index contributed by atoms with van der Waals surface area (Å²) in [5.41, 5.74) is 0.544. The normalized spacial score (nSPS) is 10.9. The number of aldehydes is 1. The second kappa shape index (κ2) is 5.05. The standard InChI is InChI=1S/C11H9FO3/c1-15-11(14)10(6-7-13)8-2-4-9(12)5-3-8/h2-7H,1H3/b10-6-. The molecule has 0 unspecified atom stereocenters. The van der Waals surface area contributed by atoms with Crippen molar-refractivity contribution in [1.29, 1.82) is 0 Å². The van der Waals surface area contributed by atoms with E-state index in [0.717, 1.165) is 6.08 Å². The molecule has 0 atom stereocenters. The van der Waals surface area contributed by atoms with Gasteiger partial charge in [0, 0.05) is 0 Å². The lowest BCUT2D eigenvalue weighted by molar-refractivity contribution is -0.133. The highest BCUT2D eigenvalue weighted by Gasteiger charge is 2.11. The summed E-state index contributed by atoms with van der Waals surface area (Å²) in [5.74, 6) is -1.04. The zero-order chi connectivity index (χ0) is 11.3. The summed E-state index contributed by atoms with van der Waals surface area (Å²) in [6.45, 7) is 0. The minimum absolute atomic E-state index is 0.104. The monoisotopic (exact) mass is 208 g/mol. The Morgan fingerprint density at radius 2 is 1.93 bits per heavy atom. The van der Waals surface area contributed by atoms with E-state index in [1.54, 1.807) is 0 Å². The second-order valence-corrected chi connectivity index (χ2v) is 2.71. The first-order chi connectivity index (χ1) is 7.19. The summed E-state index contributed by atoms with van der Waals surface area (Å²) in [4.78, 5) is 21.6. The third kappa shape index (κ3) is 2.74. The molecule has 0 amide bonds. The van der Waals surface area contributed by atoms with Gasteiger partial charge in [0.25, 0.3) is 0 Å². The summed E-state index contributed by atoms with van der Waals surface area (Å²) >= 11 is 0. The van der Waals surface area contributed by atoms with Gasteiger partial charge in [0.1, 0.15) is 12.1 Å². The molecule has 15 heavy (non-hydrogen) atoms. The zero-order valence-corrected chi connectivity index (χ0v) is 8.07. The van der Waals surface area contributed by atoms with E-state index in [0.29, 0.717) is 11.8 Å². The molecule has 1 aromatic carbocycles. The van der Waals surface area contributed by atoms with E-state index in [1.165, 1.54) is 31.4 Å². The minimum atomic E-state index is -0.631. The van der Waals surface area contributed by atoms with Gasteiger partial charge in [-0.25, -0.2) is 9.18 Å². The van der Waals surface area contributed by atoms with Gasteiger partial charge in [0.15, 0.2) is 0 Å². The highest BCUT2D eigenvalue weighted by molar-refractivity contribution is 6.19. The number of hydrogen-bond acceptors (Lipinski definition) is 3. The highest BCUT2D eigenvalue weighted by atomic mass is 19.1. The van der Waals surface area contributed by atoms with Crippen molar-refractivity contribution < 1.29 is 18.7 Å². The van der Waals surface area contributed by atoms with Crippen molar-refractivity contribution >= 4 is 17.8 Å². The Kier molecular flexibility index (Phi) is 3.74. The number of carbonyl (C=O) groups excluding carboxylic acids is 2. The number of ether oxygens (including phenoxy) is 1. The summed E-state index contributed by atoms with van der Waals surface area (Å²) in [5, 5.41) is 0. The lowest BCUT2D eigenvalue weighted by atomic mass is 10.1. The molecule has 1 aromatic rings. The van der Waals surface area contributed by atoms with Crippen LogP contribution in [-0.2, 0) is 14.3 Å². The Hall–Kier alpha value is -1.97. The molecule has 0 saturated heterocycles. The third-order valence-corrected chi connectivity index (χ3v) is 1.80. The topological polar surface area (TPSA) is 43.4 Å². The quantitative estimate of drug-likeness (QED) is 0.430. The molecule has 4 heteroatoms. The number of carbonyl (C=O) groups is 2. The summed E-state index contributed by atoms with van der Waals surface area (Å²) in [7, 11) is 1.21. The molecule has 0 radical (unpaired) electrons. The maximum atomic E-state index is 12.6. The molecule has 0 fully saturated rings. The third-order valence-electron chi connectivity index (χ3n) is 1.80. The Balaban J connectivity index is 3.10. The first-order valence-corrected chi connectivity index (χ1v) is 4.18. The molecular weight excluding hydrogens is 199 g/mol. The Morgan fingerprint density at radius 3 is 2.40 bits per heavy atom. The fraction of sp³-hybridized carbons (Fsp3) is 0.0909. The molecule has 1 rings (SSSR count). The molecule has 0 saturated carbocycles. The number of rotatable bonds is 3. The van der Waals surface area contributed by atoms with Crippen LogP contribution in [0.5, 0.6) is 0 Å². The molecular formula is C11H9FO3. The van der Waals surface area contributed by atoms with E-state index in [9.17, 15) is 14.0 Å². The van der Waals surface area contributed by atoms with E-state index in [-0.39, 0.29) is 5.57 Å². The average Bonchev–Trinajstić information content (AvgIpc) is 2.26. The number of hydrogen-bond donors (Lipinski definition) is 0. The smallest absolute Gasteiger partial charge is 0.338 e. The fourth-order valence-electron chi connectivity index (χ4n) is 1.09. The van der Waals surface area contributed by atoms with Crippen LogP contribution in [0.25, 0.3) is 5.57 Å². The maximum absolute atomic E-state index is 12.6. The first-order valence-electron chi connectivity index (χ1n) is 4.18. The number of esters is 1. The van der Waals surface area contributed by atoms with Crippen molar-refractivity contribution in [3.63, 3.8) is 0 Å². The lowest BCUT2D eigenvalue weighted by Gasteiger charge is -2.03. The van der Waals surface area contributed by atoms with Gasteiger partial charge in [-0.2, -0.15) is 0 Å². The van der Waals surface area contributed by atoms with Gasteiger partial charge >= 0.3 is 5.97 Å². The number of halogens is 1. The molecule has 3 nitrogen and oxygen atoms in total. The average molecular weight is 208 g/mol. The summed E-state index contributed by atoms with van der Waals surface area (Å²) in [6.07, 6.45) is 1.56. The molecule has 0 heterocycles. The Bertz CT molecular complexity index is 393. The largest absolute Gasteiger partial charge is 0.465 e. The molecule has 0 N–H and O–H groups in total. The van der Waals surface area contributed by atoms with Gasteiger partial charge in [-0.15, -0.1) is 0 Å². The first kappa shape index (κ1) is 11.1. The van der Waals surface area contributed by atoms with Crippen molar-refractivity contribution in [3.05, 3.63) is 41.7 Å². The molecule has 0 aromatic heterocycles. The van der Waals surface area contributed by atoms with Crippen molar-refractivity contribution in [2.75, 3.05) is 7.11 Å². The molecule has 0 spiro atoms. The van der Waals surface area contributed by atoms with Crippen molar-refractivity contribution in [2.45, 2.75) is 0 Å². The molecule has 0 bridgehead atoms. The minimum Gasteiger partial charge on any atom is -0.465 e. The van der Waals surface area contributed by atoms with E-state index < -0.39 is 11.8 Å². The van der Waals surface area contributed by atoms with Crippen LogP contribution in [0.3, 0.4) is 0 Å². The van der Waals surface area contributed by atoms with E-state index in [2.05, 4.69) is 4.74 Å². The molecule has 78 valence electrons. The van der Waals surface area contributed by atoms with Crippen molar-refractivity contribution in [1.82, 2.24) is 0 Å². The van der Waals surface area contributed by atoms with Gasteiger partial charge < -0.3 is 4.74 Å². The van der Waals surface area contributed by atoms with Crippen molar-refractivity contribution in [3.8, 4) is 0 Å². The highest BCUT2D eigenvalue weighted by Crippen LogP contribution is 2.15. The molecule has 0 aliphatic carbocycles. The van der Waals surface area contributed by atoms with Crippen LogP contribution >= 0.6 is 0 Å². The summed E-state index contributed by atoms with van der Waals surface area (Å²) in [6, 6.07) is 5.22. The van der Waals surface area contributed by atoms with Crippen molar-refractivity contribution in [2.24, 2.45) is 0 Å². The van der Waals surface area contributed by atoms with Crippen LogP contribution < -0.4 is 0 Å². The molecule has 0 aliphatic rings. The SMILES string of the molecule is COC(=O)/C(=C\C=O)c1ccc(F)cc1. The summed E-state index contributed by atoms with van der Waals surface area (Å²) < 4.78 is 17.1. The van der Waals surface area contributed by atoms with E-state index in [4.69, 9.17) is 0 Å². The van der Waals surface area contributed by atoms with Crippen LogP contribution in [0.4, 0.5) is 4.39 Å². The Labute approximate surface area is 86.2 Å². The molecule has 0 aliphatic heterocycles. The fourth-order valence-corrected chi connectivity index (χ4v) is 1.09. The predicted octanol–water partition coefficient (Wildman–Crippen LogP) is 1.58. The lowest BCUT2D eigenvalue weighted by Crippen LogP contribution is -2.04. The van der Waals surface area contributed by atoms with Gasteiger partial charge in [-0.3, -0.25) is 4.79 Å². The van der Waals surface area contributed by atoms with Gasteiger partial charge in [0.05, 0.1) is 12.7 Å². The van der Waals surface area contributed by atoms with Gasteiger partial charge in [-0.1, -0.05) is 12.1 Å². The van der Waals surface area contributed by atoms with Crippen LogP contribution in [-0.4, -0.2) is 19.4 Å². The zero-order valence-electron chi connectivity index (χ0n) is 8.07. The number of benzene rings is 1. The van der Waals surface area contributed by atoms with Crippen LogP contribution in [0.15, 0.2) is 30.3 Å². The Morgan fingerprint density at radius 1 is 1.33 bits per heavy atom. The predicted molar refractivity (Wildman–Crippen MR) is 52.5 cm³/mol.